The second kappa shape index (κ2) is 3.29. The number of pyridine rings is 1. The summed E-state index contributed by atoms with van der Waals surface area (Å²) in [5.74, 6) is 0. The quantitative estimate of drug-likeness (QED) is 0.793. The third-order valence-electron chi connectivity index (χ3n) is 4.23. The van der Waals surface area contributed by atoms with Gasteiger partial charge in [-0.15, -0.1) is 0 Å². The Morgan fingerprint density at radius 3 is 3.06 bits per heavy atom. The Hall–Kier alpha value is -1.42. The maximum Gasteiger partial charge on any atom is 0.160 e. The molecule has 3 aliphatic rings. The fraction of sp³-hybridized carbons (Fsp3) is 0.538. The molecule has 0 aromatic carbocycles. The van der Waals surface area contributed by atoms with Gasteiger partial charge < -0.3 is 10.2 Å². The lowest BCUT2D eigenvalue weighted by atomic mass is 9.81. The minimum Gasteiger partial charge on any atom is -0.387 e. The summed E-state index contributed by atoms with van der Waals surface area (Å²) in [5.41, 5.74) is 1.88. The monoisotopic (exact) mass is 229 g/mol. The van der Waals surface area contributed by atoms with E-state index in [1.807, 2.05) is 24.4 Å². The van der Waals surface area contributed by atoms with Crippen molar-refractivity contribution in [2.24, 2.45) is 5.16 Å². The topological polar surface area (TPSA) is 46.5 Å². The van der Waals surface area contributed by atoms with Crippen LogP contribution in [0.15, 0.2) is 29.6 Å². The summed E-state index contributed by atoms with van der Waals surface area (Å²) in [5, 5.41) is 7.89. The Labute approximate surface area is 100 Å². The Balaban J connectivity index is 1.60. The van der Waals surface area contributed by atoms with Gasteiger partial charge in [0, 0.05) is 25.1 Å². The second-order valence-electron chi connectivity index (χ2n) is 5.28. The zero-order chi connectivity index (χ0) is 11.3. The Bertz CT molecular complexity index is 473. The van der Waals surface area contributed by atoms with Gasteiger partial charge in [-0.05, 0) is 25.0 Å². The lowest BCUT2D eigenvalue weighted by molar-refractivity contribution is -0.0358. The maximum absolute atomic E-state index is 5.79. The lowest BCUT2D eigenvalue weighted by Crippen LogP contribution is -2.42. The summed E-state index contributed by atoms with van der Waals surface area (Å²) in [6, 6.07) is 7.04. The van der Waals surface area contributed by atoms with Crippen molar-refractivity contribution in [1.82, 2.24) is 10.3 Å². The minimum absolute atomic E-state index is 0.0736. The molecule has 17 heavy (non-hydrogen) atoms. The van der Waals surface area contributed by atoms with Gasteiger partial charge in [-0.3, -0.25) is 4.98 Å². The van der Waals surface area contributed by atoms with Crippen molar-refractivity contribution in [3.05, 3.63) is 30.1 Å². The fourth-order valence-corrected chi connectivity index (χ4v) is 3.42. The van der Waals surface area contributed by atoms with E-state index >= 15 is 0 Å². The van der Waals surface area contributed by atoms with Crippen LogP contribution in [0.2, 0.25) is 0 Å². The van der Waals surface area contributed by atoms with Crippen molar-refractivity contribution >= 4 is 5.71 Å². The Kier molecular flexibility index (Phi) is 1.86. The van der Waals surface area contributed by atoms with Crippen LogP contribution in [0.25, 0.3) is 0 Å². The SMILES string of the molecule is c1ccc(C2=NO[C@@]3(C2)C[C@@H]2CC[C@H]3N2)nc1. The molecule has 0 unspecified atom stereocenters. The van der Waals surface area contributed by atoms with Crippen molar-refractivity contribution in [3.63, 3.8) is 0 Å². The average Bonchev–Trinajstić information content (AvgIpc) is 3.06. The number of aromatic nitrogens is 1. The van der Waals surface area contributed by atoms with E-state index in [9.17, 15) is 0 Å². The highest BCUT2D eigenvalue weighted by molar-refractivity contribution is 6.00. The third kappa shape index (κ3) is 1.33. The molecule has 4 heterocycles. The lowest BCUT2D eigenvalue weighted by Gasteiger charge is -2.29. The predicted octanol–water partition coefficient (Wildman–Crippen LogP) is 1.47. The summed E-state index contributed by atoms with van der Waals surface area (Å²) in [4.78, 5) is 10.1. The Morgan fingerprint density at radius 1 is 1.35 bits per heavy atom. The molecule has 0 radical (unpaired) electrons. The zero-order valence-electron chi connectivity index (χ0n) is 9.60. The van der Waals surface area contributed by atoms with Gasteiger partial charge in [-0.1, -0.05) is 11.2 Å². The molecule has 1 N–H and O–H groups in total. The molecule has 0 aliphatic carbocycles. The van der Waals surface area contributed by atoms with Crippen LogP contribution in [-0.2, 0) is 4.84 Å². The van der Waals surface area contributed by atoms with Crippen molar-refractivity contribution in [2.75, 3.05) is 0 Å². The van der Waals surface area contributed by atoms with Gasteiger partial charge in [0.15, 0.2) is 5.60 Å². The Morgan fingerprint density at radius 2 is 2.35 bits per heavy atom. The van der Waals surface area contributed by atoms with Crippen LogP contribution in [0.4, 0.5) is 0 Å². The first-order valence-electron chi connectivity index (χ1n) is 6.28. The van der Waals surface area contributed by atoms with Gasteiger partial charge in [0.05, 0.1) is 11.7 Å². The normalized spacial score (nSPS) is 38.5. The highest BCUT2D eigenvalue weighted by Gasteiger charge is 2.56. The van der Waals surface area contributed by atoms with E-state index < -0.39 is 0 Å². The molecule has 1 aromatic heterocycles. The van der Waals surface area contributed by atoms with Gasteiger partial charge in [0.2, 0.25) is 0 Å². The van der Waals surface area contributed by atoms with Crippen LogP contribution in [0, 0.1) is 0 Å². The van der Waals surface area contributed by atoms with Gasteiger partial charge in [-0.25, -0.2) is 0 Å². The second-order valence-corrected chi connectivity index (χ2v) is 5.28. The molecule has 2 fully saturated rings. The van der Waals surface area contributed by atoms with E-state index in [-0.39, 0.29) is 5.60 Å². The smallest absolute Gasteiger partial charge is 0.160 e. The van der Waals surface area contributed by atoms with E-state index in [0.29, 0.717) is 12.1 Å². The molecule has 0 amide bonds. The molecular formula is C13H15N3O. The molecule has 2 saturated heterocycles. The fourth-order valence-electron chi connectivity index (χ4n) is 3.42. The van der Waals surface area contributed by atoms with Crippen molar-refractivity contribution in [1.29, 1.82) is 0 Å². The van der Waals surface area contributed by atoms with Crippen molar-refractivity contribution in [3.8, 4) is 0 Å². The summed E-state index contributed by atoms with van der Waals surface area (Å²) >= 11 is 0. The maximum atomic E-state index is 5.79. The number of oxime groups is 1. The molecular weight excluding hydrogens is 214 g/mol. The number of rotatable bonds is 1. The van der Waals surface area contributed by atoms with Crippen LogP contribution in [0.3, 0.4) is 0 Å². The summed E-state index contributed by atoms with van der Waals surface area (Å²) in [6.07, 6.45) is 6.31. The number of nitrogens with zero attached hydrogens (tertiary/aromatic N) is 2. The number of nitrogens with one attached hydrogen (secondary N) is 1. The highest BCUT2D eigenvalue weighted by Crippen LogP contribution is 2.44. The number of fused-ring (bicyclic) bond motifs is 3. The minimum atomic E-state index is -0.0736. The molecule has 4 nitrogen and oxygen atoms in total. The first kappa shape index (κ1) is 9.59. The van der Waals surface area contributed by atoms with Gasteiger partial charge in [-0.2, -0.15) is 0 Å². The van der Waals surface area contributed by atoms with E-state index in [1.54, 1.807) is 0 Å². The summed E-state index contributed by atoms with van der Waals surface area (Å²) < 4.78 is 0. The molecule has 2 bridgehead atoms. The molecule has 4 heteroatoms. The standard InChI is InChI=1S/C13H15N3O/c1-2-6-14-10(3-1)11-8-13(17-16-11)7-9-4-5-12(13)15-9/h1-3,6,9,12,15H,4-5,7-8H2/t9-,12+,13+/m0/s1. The van der Waals surface area contributed by atoms with Crippen LogP contribution in [-0.4, -0.2) is 28.4 Å². The highest BCUT2D eigenvalue weighted by atomic mass is 16.7. The van der Waals surface area contributed by atoms with E-state index in [4.69, 9.17) is 4.84 Å². The van der Waals surface area contributed by atoms with Gasteiger partial charge in [0.25, 0.3) is 0 Å². The molecule has 88 valence electrons. The van der Waals surface area contributed by atoms with Crippen LogP contribution in [0.5, 0.6) is 0 Å². The van der Waals surface area contributed by atoms with E-state index in [0.717, 1.165) is 24.2 Å². The van der Waals surface area contributed by atoms with Crippen LogP contribution >= 0.6 is 0 Å². The molecule has 1 aromatic rings. The van der Waals surface area contributed by atoms with Crippen molar-refractivity contribution in [2.45, 2.75) is 43.4 Å². The van der Waals surface area contributed by atoms with Gasteiger partial charge >= 0.3 is 0 Å². The first-order valence-corrected chi connectivity index (χ1v) is 6.28. The van der Waals surface area contributed by atoms with Crippen molar-refractivity contribution < 1.29 is 4.84 Å². The molecule has 3 atom stereocenters. The van der Waals surface area contributed by atoms with Gasteiger partial charge in [0.1, 0.15) is 5.71 Å². The third-order valence-corrected chi connectivity index (χ3v) is 4.23. The molecule has 0 saturated carbocycles. The predicted molar refractivity (Wildman–Crippen MR) is 63.8 cm³/mol. The number of hydrogen-bond donors (Lipinski definition) is 1. The molecule has 1 spiro atoms. The summed E-state index contributed by atoms with van der Waals surface area (Å²) in [7, 11) is 0. The largest absolute Gasteiger partial charge is 0.387 e. The van der Waals surface area contributed by atoms with E-state index in [1.165, 1.54) is 12.8 Å². The number of hydrogen-bond acceptors (Lipinski definition) is 4. The van der Waals surface area contributed by atoms with Crippen LogP contribution in [0.1, 0.15) is 31.4 Å². The average molecular weight is 229 g/mol. The first-order chi connectivity index (χ1) is 8.36. The summed E-state index contributed by atoms with van der Waals surface area (Å²) in [6.45, 7) is 0. The van der Waals surface area contributed by atoms with E-state index in [2.05, 4.69) is 15.5 Å². The van der Waals surface area contributed by atoms with Crippen LogP contribution < -0.4 is 5.32 Å². The molecule has 4 rings (SSSR count). The molecule has 3 aliphatic heterocycles. The zero-order valence-corrected chi connectivity index (χ0v) is 9.60.